The van der Waals surface area contributed by atoms with Gasteiger partial charge in [0, 0.05) is 25.0 Å². The van der Waals surface area contributed by atoms with E-state index in [-0.39, 0.29) is 12.0 Å². The monoisotopic (exact) mass is 236 g/mol. The predicted octanol–water partition coefficient (Wildman–Crippen LogP) is 1.76. The van der Waals surface area contributed by atoms with Gasteiger partial charge in [0.1, 0.15) is 0 Å². The highest BCUT2D eigenvalue weighted by molar-refractivity contribution is 5.79. The summed E-state index contributed by atoms with van der Waals surface area (Å²) in [5.41, 5.74) is 5.98. The van der Waals surface area contributed by atoms with Gasteiger partial charge in [-0.05, 0) is 43.9 Å². The van der Waals surface area contributed by atoms with Gasteiger partial charge in [-0.15, -0.1) is 0 Å². The molecule has 3 nitrogen and oxygen atoms in total. The number of likely N-dealkylation sites (tertiary alicyclic amines) is 1. The van der Waals surface area contributed by atoms with Gasteiger partial charge in [0.2, 0.25) is 5.91 Å². The van der Waals surface area contributed by atoms with E-state index in [1.165, 1.54) is 19.3 Å². The van der Waals surface area contributed by atoms with Crippen LogP contribution >= 0.6 is 0 Å². The molecule has 0 aromatic carbocycles. The molecule has 2 N–H and O–H groups in total. The minimum absolute atomic E-state index is 0.234. The maximum Gasteiger partial charge on any atom is 0.225 e. The van der Waals surface area contributed by atoms with Crippen LogP contribution in [0.1, 0.15) is 44.9 Å². The number of hydrogen-bond acceptors (Lipinski definition) is 2. The van der Waals surface area contributed by atoms with Crippen LogP contribution in [0.25, 0.3) is 0 Å². The first-order valence-corrected chi connectivity index (χ1v) is 7.28. The van der Waals surface area contributed by atoms with E-state index in [1.54, 1.807) is 0 Å². The maximum atomic E-state index is 12.4. The first-order chi connectivity index (χ1) is 8.24. The van der Waals surface area contributed by atoms with Crippen LogP contribution in [0.4, 0.5) is 0 Å². The normalized spacial score (nSPS) is 41.6. The zero-order valence-corrected chi connectivity index (χ0v) is 10.6. The van der Waals surface area contributed by atoms with Crippen LogP contribution in [-0.4, -0.2) is 29.9 Å². The van der Waals surface area contributed by atoms with Crippen molar-refractivity contribution in [2.24, 2.45) is 23.5 Å². The Kier molecular flexibility index (Phi) is 3.12. The molecule has 2 aliphatic carbocycles. The Morgan fingerprint density at radius 3 is 2.29 bits per heavy atom. The predicted molar refractivity (Wildman–Crippen MR) is 67.3 cm³/mol. The van der Waals surface area contributed by atoms with Crippen LogP contribution in [0, 0.1) is 17.8 Å². The average Bonchev–Trinajstić information content (AvgIpc) is 2.88. The van der Waals surface area contributed by atoms with Crippen LogP contribution in [0.2, 0.25) is 0 Å². The summed E-state index contributed by atoms with van der Waals surface area (Å²) in [6.07, 6.45) is 8.30. The molecule has 0 aromatic rings. The zero-order chi connectivity index (χ0) is 11.8. The van der Waals surface area contributed by atoms with Gasteiger partial charge >= 0.3 is 0 Å². The van der Waals surface area contributed by atoms with Crippen molar-refractivity contribution in [2.45, 2.75) is 51.0 Å². The Hall–Kier alpha value is -0.570. The van der Waals surface area contributed by atoms with E-state index in [0.717, 1.165) is 50.6 Å². The summed E-state index contributed by atoms with van der Waals surface area (Å²) < 4.78 is 0. The van der Waals surface area contributed by atoms with E-state index in [1.807, 2.05) is 0 Å². The van der Waals surface area contributed by atoms with Crippen molar-refractivity contribution in [3.63, 3.8) is 0 Å². The number of rotatable bonds is 1. The van der Waals surface area contributed by atoms with E-state index < -0.39 is 0 Å². The van der Waals surface area contributed by atoms with Crippen LogP contribution in [0.15, 0.2) is 0 Å². The van der Waals surface area contributed by atoms with Gasteiger partial charge < -0.3 is 10.6 Å². The molecule has 17 heavy (non-hydrogen) atoms. The minimum Gasteiger partial charge on any atom is -0.342 e. The number of carbonyl (C=O) groups excluding carboxylic acids is 1. The second-order valence-corrected chi connectivity index (χ2v) is 6.32. The van der Waals surface area contributed by atoms with Gasteiger partial charge in [-0.25, -0.2) is 0 Å². The lowest BCUT2D eigenvalue weighted by Gasteiger charge is -2.29. The van der Waals surface area contributed by atoms with Gasteiger partial charge in [-0.1, -0.05) is 12.8 Å². The first-order valence-electron chi connectivity index (χ1n) is 7.28. The Morgan fingerprint density at radius 2 is 1.65 bits per heavy atom. The molecule has 3 fully saturated rings. The molecule has 3 rings (SSSR count). The zero-order valence-electron chi connectivity index (χ0n) is 10.6. The second kappa shape index (κ2) is 4.60. The van der Waals surface area contributed by atoms with Gasteiger partial charge in [0.05, 0.1) is 0 Å². The molecule has 0 aromatic heterocycles. The first kappa shape index (κ1) is 11.5. The molecule has 3 heteroatoms. The lowest BCUT2D eigenvalue weighted by atomic mass is 9.85. The number of hydrogen-bond donors (Lipinski definition) is 1. The Bertz CT molecular complexity index is 293. The fourth-order valence-corrected chi connectivity index (χ4v) is 4.13. The topological polar surface area (TPSA) is 46.3 Å². The quantitative estimate of drug-likeness (QED) is 0.754. The van der Waals surface area contributed by atoms with Gasteiger partial charge in [-0.3, -0.25) is 4.79 Å². The Balaban J connectivity index is 1.59. The molecule has 0 bridgehead atoms. The fourth-order valence-electron chi connectivity index (χ4n) is 4.13. The van der Waals surface area contributed by atoms with Crippen LogP contribution in [-0.2, 0) is 4.79 Å². The van der Waals surface area contributed by atoms with Crippen molar-refractivity contribution in [1.29, 1.82) is 0 Å². The lowest BCUT2D eigenvalue weighted by Crippen LogP contribution is -2.40. The number of fused-ring (bicyclic) bond motifs is 1. The molecular formula is C14H24N2O. The second-order valence-electron chi connectivity index (χ2n) is 6.32. The molecule has 1 aliphatic heterocycles. The number of nitrogens with zero attached hydrogens (tertiary/aromatic N) is 1. The molecule has 4 unspecified atom stereocenters. The van der Waals surface area contributed by atoms with E-state index in [9.17, 15) is 4.79 Å². The van der Waals surface area contributed by atoms with Crippen molar-refractivity contribution in [1.82, 2.24) is 4.90 Å². The smallest absolute Gasteiger partial charge is 0.225 e. The highest BCUT2D eigenvalue weighted by atomic mass is 16.2. The largest absolute Gasteiger partial charge is 0.342 e. The van der Waals surface area contributed by atoms with E-state index >= 15 is 0 Å². The van der Waals surface area contributed by atoms with Crippen molar-refractivity contribution < 1.29 is 4.79 Å². The van der Waals surface area contributed by atoms with Crippen LogP contribution in [0.5, 0.6) is 0 Å². The standard InChI is InChI=1S/C14H24N2O/c15-13-6-2-3-10(7-13)14(17)16-8-11-4-1-5-12(11)9-16/h10-13H,1-9,15H2. The SMILES string of the molecule is NC1CCCC(C(=O)N2CC3CCCC3C2)C1. The molecule has 0 spiro atoms. The van der Waals surface area contributed by atoms with Crippen LogP contribution < -0.4 is 5.73 Å². The lowest BCUT2D eigenvalue weighted by molar-refractivity contribution is -0.136. The summed E-state index contributed by atoms with van der Waals surface area (Å²) in [4.78, 5) is 14.6. The van der Waals surface area contributed by atoms with Crippen LogP contribution in [0.3, 0.4) is 0 Å². The Morgan fingerprint density at radius 1 is 1.00 bits per heavy atom. The summed E-state index contributed by atoms with van der Waals surface area (Å²) in [7, 11) is 0. The van der Waals surface area contributed by atoms with Crippen molar-refractivity contribution in [3.8, 4) is 0 Å². The molecule has 2 saturated carbocycles. The molecule has 1 amide bonds. The van der Waals surface area contributed by atoms with Gasteiger partial charge in [0.15, 0.2) is 0 Å². The van der Waals surface area contributed by atoms with E-state index in [0.29, 0.717) is 5.91 Å². The molecule has 1 heterocycles. The maximum absolute atomic E-state index is 12.4. The third-order valence-electron chi connectivity index (χ3n) is 5.10. The third-order valence-corrected chi connectivity index (χ3v) is 5.10. The van der Waals surface area contributed by atoms with E-state index in [4.69, 9.17) is 5.73 Å². The van der Waals surface area contributed by atoms with Crippen molar-refractivity contribution in [3.05, 3.63) is 0 Å². The molecule has 96 valence electrons. The third kappa shape index (κ3) is 2.22. The molecule has 3 aliphatic rings. The molecule has 0 radical (unpaired) electrons. The van der Waals surface area contributed by atoms with Crippen molar-refractivity contribution >= 4 is 5.91 Å². The van der Waals surface area contributed by atoms with Crippen molar-refractivity contribution in [2.75, 3.05) is 13.1 Å². The van der Waals surface area contributed by atoms with Gasteiger partial charge in [0.25, 0.3) is 0 Å². The summed E-state index contributed by atoms with van der Waals surface area (Å²) in [5, 5.41) is 0. The summed E-state index contributed by atoms with van der Waals surface area (Å²) in [5.74, 6) is 2.28. The number of nitrogens with two attached hydrogens (primary N) is 1. The summed E-state index contributed by atoms with van der Waals surface area (Å²) >= 11 is 0. The number of amides is 1. The summed E-state index contributed by atoms with van der Waals surface area (Å²) in [6, 6.07) is 0.264. The van der Waals surface area contributed by atoms with E-state index in [2.05, 4.69) is 4.90 Å². The molecule has 1 saturated heterocycles. The average molecular weight is 236 g/mol. The summed E-state index contributed by atoms with van der Waals surface area (Å²) in [6.45, 7) is 2.07. The number of carbonyl (C=O) groups is 1. The fraction of sp³-hybridized carbons (Fsp3) is 0.929. The highest BCUT2D eigenvalue weighted by Gasteiger charge is 2.40. The van der Waals surface area contributed by atoms with Gasteiger partial charge in [-0.2, -0.15) is 0 Å². The molecule has 4 atom stereocenters. The molecular weight excluding hydrogens is 212 g/mol. The minimum atomic E-state index is 0.234. The highest BCUT2D eigenvalue weighted by Crippen LogP contribution is 2.39. The Labute approximate surface area is 104 Å².